The van der Waals surface area contributed by atoms with Gasteiger partial charge in [-0.15, -0.1) is 11.8 Å². The van der Waals surface area contributed by atoms with Gasteiger partial charge in [-0.1, -0.05) is 38.5 Å². The monoisotopic (exact) mass is 522 g/mol. The van der Waals surface area contributed by atoms with Crippen LogP contribution in [-0.4, -0.2) is 45.6 Å². The second-order valence-corrected chi connectivity index (χ2v) is 13.0. The summed E-state index contributed by atoms with van der Waals surface area (Å²) in [5, 5.41) is 3.55. The number of hydrogen-bond donors (Lipinski definition) is 1. The SMILES string of the molecule is CCC(C)(C)c1cnc(CSc2cnc(NC(=O)C3CCCC(N(C)C(=O)OC(C)(C)C)C3)s2)o1. The predicted molar refractivity (Wildman–Crippen MR) is 140 cm³/mol. The molecule has 3 rings (SSSR count). The number of amides is 2. The molecule has 0 aromatic carbocycles. The summed E-state index contributed by atoms with van der Waals surface area (Å²) in [4.78, 5) is 35.8. The molecule has 2 unspecified atom stereocenters. The molecule has 0 spiro atoms. The Kier molecular flexibility index (Phi) is 8.91. The third-order valence-electron chi connectivity index (χ3n) is 6.40. The lowest BCUT2D eigenvalue weighted by Crippen LogP contribution is -2.44. The Hall–Kier alpha value is -2.07. The topological polar surface area (TPSA) is 97.6 Å². The van der Waals surface area contributed by atoms with Crippen LogP contribution >= 0.6 is 23.1 Å². The summed E-state index contributed by atoms with van der Waals surface area (Å²) in [7, 11) is 1.75. The molecule has 1 saturated carbocycles. The lowest BCUT2D eigenvalue weighted by atomic mass is 9.84. The molecular formula is C25H38N4O4S2. The molecule has 0 saturated heterocycles. The maximum Gasteiger partial charge on any atom is 0.410 e. The molecule has 1 N–H and O–H groups in total. The van der Waals surface area contributed by atoms with Crippen LogP contribution in [0.5, 0.6) is 0 Å². The van der Waals surface area contributed by atoms with Crippen molar-refractivity contribution in [1.29, 1.82) is 0 Å². The maximum absolute atomic E-state index is 12.9. The maximum atomic E-state index is 12.9. The zero-order chi connectivity index (χ0) is 25.8. The van der Waals surface area contributed by atoms with Gasteiger partial charge < -0.3 is 19.4 Å². The Morgan fingerprint density at radius 3 is 2.66 bits per heavy atom. The Morgan fingerprint density at radius 2 is 1.97 bits per heavy atom. The Morgan fingerprint density at radius 1 is 1.23 bits per heavy atom. The van der Waals surface area contributed by atoms with E-state index in [9.17, 15) is 9.59 Å². The summed E-state index contributed by atoms with van der Waals surface area (Å²) in [5.74, 6) is 1.99. The number of carbonyl (C=O) groups is 2. The van der Waals surface area contributed by atoms with E-state index in [-0.39, 0.29) is 29.4 Å². The van der Waals surface area contributed by atoms with Crippen LogP contribution in [0.15, 0.2) is 21.0 Å². The number of ether oxygens (including phenoxy) is 1. The van der Waals surface area contributed by atoms with Crippen LogP contribution in [0, 0.1) is 5.92 Å². The van der Waals surface area contributed by atoms with Gasteiger partial charge in [0.25, 0.3) is 0 Å². The first-order chi connectivity index (χ1) is 16.4. The predicted octanol–water partition coefficient (Wildman–Crippen LogP) is 6.48. The molecule has 10 heteroatoms. The van der Waals surface area contributed by atoms with Crippen molar-refractivity contribution in [3.05, 3.63) is 24.0 Å². The lowest BCUT2D eigenvalue weighted by Gasteiger charge is -2.35. The number of oxazole rings is 1. The van der Waals surface area contributed by atoms with Crippen molar-refractivity contribution < 1.29 is 18.7 Å². The van der Waals surface area contributed by atoms with Crippen LogP contribution in [0.3, 0.4) is 0 Å². The second kappa shape index (κ2) is 11.3. The molecule has 1 aliphatic carbocycles. The van der Waals surface area contributed by atoms with Crippen molar-refractivity contribution in [3.63, 3.8) is 0 Å². The van der Waals surface area contributed by atoms with E-state index in [1.165, 1.54) is 11.3 Å². The van der Waals surface area contributed by atoms with Crippen LogP contribution in [0.4, 0.5) is 9.93 Å². The minimum atomic E-state index is -0.543. The fourth-order valence-electron chi connectivity index (χ4n) is 3.83. The molecule has 1 fully saturated rings. The lowest BCUT2D eigenvalue weighted by molar-refractivity contribution is -0.121. The minimum absolute atomic E-state index is 0.0138. The summed E-state index contributed by atoms with van der Waals surface area (Å²) in [6.07, 6.45) is 7.40. The van der Waals surface area contributed by atoms with Gasteiger partial charge in [0, 0.05) is 24.4 Å². The van der Waals surface area contributed by atoms with Crippen molar-refractivity contribution in [2.45, 2.75) is 101 Å². The van der Waals surface area contributed by atoms with E-state index in [2.05, 4.69) is 36.1 Å². The Balaban J connectivity index is 1.51. The van der Waals surface area contributed by atoms with Gasteiger partial charge in [0.2, 0.25) is 11.8 Å². The molecule has 194 valence electrons. The van der Waals surface area contributed by atoms with Gasteiger partial charge in [-0.3, -0.25) is 4.79 Å². The quantitative estimate of drug-likeness (QED) is 0.396. The highest BCUT2D eigenvalue weighted by molar-refractivity contribution is 8.00. The fraction of sp³-hybridized carbons (Fsp3) is 0.680. The third kappa shape index (κ3) is 7.70. The van der Waals surface area contributed by atoms with Gasteiger partial charge >= 0.3 is 6.09 Å². The first-order valence-corrected chi connectivity index (χ1v) is 14.0. The van der Waals surface area contributed by atoms with Crippen molar-refractivity contribution in [2.24, 2.45) is 5.92 Å². The summed E-state index contributed by atoms with van der Waals surface area (Å²) in [6.45, 7) is 12.0. The number of rotatable bonds is 8. The number of anilines is 1. The van der Waals surface area contributed by atoms with E-state index in [1.807, 2.05) is 27.0 Å². The Bertz CT molecular complexity index is 1010. The van der Waals surface area contributed by atoms with E-state index in [0.29, 0.717) is 23.2 Å². The van der Waals surface area contributed by atoms with Crippen LogP contribution < -0.4 is 5.32 Å². The summed E-state index contributed by atoms with van der Waals surface area (Å²) in [6, 6.07) is -0.0138. The van der Waals surface area contributed by atoms with Gasteiger partial charge in [-0.25, -0.2) is 14.8 Å². The second-order valence-electron chi connectivity index (χ2n) is 10.7. The molecule has 0 bridgehead atoms. The highest BCUT2D eigenvalue weighted by atomic mass is 32.2. The average molecular weight is 523 g/mol. The van der Waals surface area contributed by atoms with E-state index in [1.54, 1.807) is 29.9 Å². The molecule has 2 aromatic heterocycles. The molecule has 8 nitrogen and oxygen atoms in total. The number of aromatic nitrogens is 2. The molecule has 2 atom stereocenters. The summed E-state index contributed by atoms with van der Waals surface area (Å²) < 4.78 is 12.4. The summed E-state index contributed by atoms with van der Waals surface area (Å²) in [5.41, 5.74) is -0.573. The third-order valence-corrected chi connectivity index (χ3v) is 8.50. The highest BCUT2D eigenvalue weighted by Gasteiger charge is 2.33. The number of thiazole rings is 1. The van der Waals surface area contributed by atoms with Gasteiger partial charge in [0.15, 0.2) is 5.13 Å². The van der Waals surface area contributed by atoms with Crippen LogP contribution in [0.1, 0.15) is 85.3 Å². The van der Waals surface area contributed by atoms with Gasteiger partial charge in [-0.05, 0) is 46.5 Å². The van der Waals surface area contributed by atoms with Gasteiger partial charge in [-0.2, -0.15) is 0 Å². The average Bonchev–Trinajstić information content (AvgIpc) is 3.46. The zero-order valence-electron chi connectivity index (χ0n) is 21.8. The molecule has 0 aliphatic heterocycles. The number of nitrogens with zero attached hydrogens (tertiary/aromatic N) is 3. The molecule has 35 heavy (non-hydrogen) atoms. The largest absolute Gasteiger partial charge is 0.444 e. The van der Waals surface area contributed by atoms with Crippen molar-refractivity contribution in [3.8, 4) is 0 Å². The fourth-order valence-corrected chi connectivity index (χ4v) is 5.55. The van der Waals surface area contributed by atoms with Gasteiger partial charge in [0.05, 0.1) is 22.4 Å². The standard InChI is InChI=1S/C25H38N4O4S2/c1-8-25(5,6)18-13-26-19(32-18)15-34-20-14-27-22(35-20)28-21(30)16-10-9-11-17(12-16)29(7)23(31)33-24(2,3)4/h13-14,16-17H,8-12,15H2,1-7H3,(H,27,28,30). The molecular weight excluding hydrogens is 484 g/mol. The van der Waals surface area contributed by atoms with E-state index >= 15 is 0 Å². The molecule has 2 aromatic rings. The first kappa shape index (κ1) is 27.5. The molecule has 1 aliphatic rings. The van der Waals surface area contributed by atoms with E-state index in [0.717, 1.165) is 35.7 Å². The molecule has 2 amide bonds. The number of thioether (sulfide) groups is 1. The zero-order valence-corrected chi connectivity index (χ0v) is 23.5. The minimum Gasteiger partial charge on any atom is -0.444 e. The van der Waals surface area contributed by atoms with Crippen molar-refractivity contribution in [2.75, 3.05) is 12.4 Å². The summed E-state index contributed by atoms with van der Waals surface area (Å²) >= 11 is 3.04. The highest BCUT2D eigenvalue weighted by Crippen LogP contribution is 2.34. The number of carbonyl (C=O) groups excluding carboxylic acids is 2. The first-order valence-electron chi connectivity index (χ1n) is 12.2. The van der Waals surface area contributed by atoms with Crippen LogP contribution in [-0.2, 0) is 20.7 Å². The molecule has 2 heterocycles. The van der Waals surface area contributed by atoms with Crippen LogP contribution in [0.2, 0.25) is 0 Å². The van der Waals surface area contributed by atoms with Crippen molar-refractivity contribution >= 4 is 40.2 Å². The number of hydrogen-bond acceptors (Lipinski definition) is 8. The van der Waals surface area contributed by atoms with Crippen molar-refractivity contribution in [1.82, 2.24) is 14.9 Å². The van der Waals surface area contributed by atoms with E-state index < -0.39 is 5.60 Å². The van der Waals surface area contributed by atoms with Gasteiger partial charge in [0.1, 0.15) is 11.4 Å². The molecule has 0 radical (unpaired) electrons. The van der Waals surface area contributed by atoms with E-state index in [4.69, 9.17) is 9.15 Å². The number of nitrogens with one attached hydrogen (secondary N) is 1. The van der Waals surface area contributed by atoms with Crippen LogP contribution in [0.25, 0.3) is 0 Å². The normalized spacial score (nSPS) is 18.8. The smallest absolute Gasteiger partial charge is 0.410 e. The Labute approximate surface area is 216 Å².